The number of carbonyl (C=O) groups excluding carboxylic acids is 2. The number of nitrogens with one attached hydrogen (secondary N) is 1. The lowest BCUT2D eigenvalue weighted by molar-refractivity contribution is -0.143. The number of ether oxygens (including phenoxy) is 1. The van der Waals surface area contributed by atoms with Crippen molar-refractivity contribution in [1.82, 2.24) is 5.32 Å². The Morgan fingerprint density at radius 3 is 0.826 bits per heavy atom. The monoisotopic (exact) mass is 1210 g/mol. The molecule has 86 heavy (non-hydrogen) atoms. The van der Waals surface area contributed by atoms with E-state index >= 15 is 0 Å². The highest BCUT2D eigenvalue weighted by Gasteiger charge is 2.20. The molecular formula is C80H157NO5. The van der Waals surface area contributed by atoms with E-state index in [-0.39, 0.29) is 18.5 Å². The summed E-state index contributed by atoms with van der Waals surface area (Å²) in [6.07, 6.45) is 95.9. The first kappa shape index (κ1) is 84.6. The number of esters is 1. The number of unbranched alkanes of at least 4 members (excludes halogenated alkanes) is 63. The van der Waals surface area contributed by atoms with E-state index in [2.05, 4.69) is 31.3 Å². The van der Waals surface area contributed by atoms with Gasteiger partial charge in [0.05, 0.1) is 25.4 Å². The van der Waals surface area contributed by atoms with Crippen LogP contribution in [0.15, 0.2) is 12.2 Å². The Hall–Kier alpha value is -1.40. The van der Waals surface area contributed by atoms with Crippen LogP contribution in [0.2, 0.25) is 0 Å². The van der Waals surface area contributed by atoms with Crippen molar-refractivity contribution in [3.63, 3.8) is 0 Å². The van der Waals surface area contributed by atoms with Gasteiger partial charge in [0.2, 0.25) is 5.91 Å². The summed E-state index contributed by atoms with van der Waals surface area (Å²) in [7, 11) is 0. The largest absolute Gasteiger partial charge is 0.466 e. The smallest absolute Gasteiger partial charge is 0.305 e. The minimum Gasteiger partial charge on any atom is -0.466 e. The van der Waals surface area contributed by atoms with Gasteiger partial charge in [-0.1, -0.05) is 411 Å². The number of rotatable bonds is 76. The predicted molar refractivity (Wildman–Crippen MR) is 380 cm³/mol. The second-order valence-corrected chi connectivity index (χ2v) is 27.8. The summed E-state index contributed by atoms with van der Waals surface area (Å²) in [5, 5.41) is 23.4. The fourth-order valence-corrected chi connectivity index (χ4v) is 13.0. The predicted octanol–water partition coefficient (Wildman–Crippen LogP) is 26.3. The SMILES string of the molecule is CCCCCCCC/C=C\CCCCCCCCCC(=O)OCCCCCCCCCCCCCCCCCCCCCCCCCCCCCCCCCCCC(=O)NC(CO)C(O)CCCCCCCCCCCCCCCCCCCCC. The van der Waals surface area contributed by atoms with E-state index < -0.39 is 12.1 Å². The van der Waals surface area contributed by atoms with Gasteiger partial charge in [0, 0.05) is 12.8 Å². The molecule has 0 bridgehead atoms. The highest BCUT2D eigenvalue weighted by Crippen LogP contribution is 2.20. The molecule has 6 nitrogen and oxygen atoms in total. The van der Waals surface area contributed by atoms with Gasteiger partial charge in [-0.05, 0) is 51.4 Å². The second kappa shape index (κ2) is 76.1. The van der Waals surface area contributed by atoms with Gasteiger partial charge >= 0.3 is 5.97 Å². The summed E-state index contributed by atoms with van der Waals surface area (Å²) in [5.41, 5.74) is 0. The summed E-state index contributed by atoms with van der Waals surface area (Å²) >= 11 is 0. The maximum absolute atomic E-state index is 12.6. The molecule has 0 aromatic rings. The molecule has 0 aromatic carbocycles. The highest BCUT2D eigenvalue weighted by atomic mass is 16.5. The molecule has 6 heteroatoms. The molecular weight excluding hydrogens is 1050 g/mol. The Morgan fingerprint density at radius 2 is 0.547 bits per heavy atom. The molecule has 1 amide bonds. The summed E-state index contributed by atoms with van der Waals surface area (Å²) in [6, 6.07) is -0.538. The number of carbonyl (C=O) groups is 2. The van der Waals surface area contributed by atoms with Gasteiger partial charge in [-0.15, -0.1) is 0 Å². The highest BCUT2D eigenvalue weighted by molar-refractivity contribution is 5.76. The number of aliphatic hydroxyl groups excluding tert-OH is 2. The van der Waals surface area contributed by atoms with Crippen LogP contribution >= 0.6 is 0 Å². The van der Waals surface area contributed by atoms with Crippen molar-refractivity contribution in [2.75, 3.05) is 13.2 Å². The molecule has 0 aliphatic rings. The van der Waals surface area contributed by atoms with Gasteiger partial charge in [-0.25, -0.2) is 0 Å². The van der Waals surface area contributed by atoms with Gasteiger partial charge in [0.25, 0.3) is 0 Å². The summed E-state index contributed by atoms with van der Waals surface area (Å²) in [4.78, 5) is 24.7. The standard InChI is InChI=1S/C80H157NO5/c1-3-5-7-9-11-13-15-17-19-21-37-41-44-48-52-56-60-64-68-72-78(83)77(76-82)81-79(84)73-69-65-61-57-53-49-45-42-38-35-33-31-29-27-25-23-22-24-26-28-30-32-34-36-39-43-47-51-55-59-63-67-71-75-86-80(85)74-70-66-62-58-54-50-46-40-20-18-16-14-12-10-8-6-4-2/h18,20,77-78,82-83H,3-17,19,21-76H2,1-2H3,(H,81,84)/b20-18-. The van der Waals surface area contributed by atoms with E-state index in [1.54, 1.807) is 0 Å². The normalized spacial score (nSPS) is 12.5. The third-order valence-electron chi connectivity index (χ3n) is 19.1. The van der Waals surface area contributed by atoms with Crippen molar-refractivity contribution in [1.29, 1.82) is 0 Å². The van der Waals surface area contributed by atoms with Gasteiger partial charge in [-0.3, -0.25) is 9.59 Å². The molecule has 512 valence electrons. The van der Waals surface area contributed by atoms with E-state index in [0.717, 1.165) is 38.5 Å². The first-order chi connectivity index (χ1) is 42.5. The van der Waals surface area contributed by atoms with E-state index in [0.29, 0.717) is 25.9 Å². The molecule has 0 saturated heterocycles. The average Bonchev–Trinajstić information content (AvgIpc) is 3.55. The molecule has 3 N–H and O–H groups in total. The minimum absolute atomic E-state index is 0.0196. The molecule has 0 heterocycles. The Balaban J connectivity index is 3.31. The van der Waals surface area contributed by atoms with Crippen LogP contribution in [0, 0.1) is 0 Å². The third-order valence-corrected chi connectivity index (χ3v) is 19.1. The Morgan fingerprint density at radius 1 is 0.314 bits per heavy atom. The van der Waals surface area contributed by atoms with Crippen LogP contribution in [0.25, 0.3) is 0 Å². The van der Waals surface area contributed by atoms with Crippen LogP contribution in [0.5, 0.6) is 0 Å². The molecule has 0 fully saturated rings. The van der Waals surface area contributed by atoms with Crippen LogP contribution in [0.4, 0.5) is 0 Å². The van der Waals surface area contributed by atoms with Gasteiger partial charge in [0.1, 0.15) is 0 Å². The summed E-state index contributed by atoms with van der Waals surface area (Å²) in [5.74, 6) is -0.00526. The molecule has 0 saturated carbocycles. The molecule has 0 spiro atoms. The van der Waals surface area contributed by atoms with Crippen LogP contribution in [0.3, 0.4) is 0 Å². The van der Waals surface area contributed by atoms with E-state index in [4.69, 9.17) is 4.74 Å². The zero-order valence-electron chi connectivity index (χ0n) is 58.8. The van der Waals surface area contributed by atoms with Crippen LogP contribution in [-0.2, 0) is 14.3 Å². The molecule has 0 aromatic heterocycles. The summed E-state index contributed by atoms with van der Waals surface area (Å²) < 4.78 is 5.51. The second-order valence-electron chi connectivity index (χ2n) is 27.8. The van der Waals surface area contributed by atoms with Crippen molar-refractivity contribution in [3.05, 3.63) is 12.2 Å². The fourth-order valence-electron chi connectivity index (χ4n) is 13.0. The Kier molecular flexibility index (Phi) is 74.8. The first-order valence-electron chi connectivity index (χ1n) is 39.9. The van der Waals surface area contributed by atoms with Gasteiger partial charge in [-0.2, -0.15) is 0 Å². The molecule has 2 atom stereocenters. The average molecular weight is 1210 g/mol. The lowest BCUT2D eigenvalue weighted by Gasteiger charge is -2.22. The van der Waals surface area contributed by atoms with Crippen LogP contribution < -0.4 is 5.32 Å². The molecule has 0 aliphatic carbocycles. The van der Waals surface area contributed by atoms with E-state index in [1.165, 1.54) is 392 Å². The number of aliphatic hydroxyl groups is 2. The van der Waals surface area contributed by atoms with Crippen molar-refractivity contribution in [2.24, 2.45) is 0 Å². The number of hydrogen-bond acceptors (Lipinski definition) is 5. The topological polar surface area (TPSA) is 95.9 Å². The molecule has 2 unspecified atom stereocenters. The summed E-state index contributed by atoms with van der Waals surface area (Å²) in [6.45, 7) is 5.00. The van der Waals surface area contributed by atoms with Crippen molar-refractivity contribution < 1.29 is 24.5 Å². The fraction of sp³-hybridized carbons (Fsp3) is 0.950. The van der Waals surface area contributed by atoms with Crippen molar-refractivity contribution in [2.45, 2.75) is 475 Å². The Labute approximate surface area is 539 Å². The van der Waals surface area contributed by atoms with Crippen molar-refractivity contribution >= 4 is 11.9 Å². The van der Waals surface area contributed by atoms with Crippen LogP contribution in [0.1, 0.15) is 463 Å². The Bertz CT molecular complexity index is 1300. The third kappa shape index (κ3) is 71.7. The number of hydrogen-bond donors (Lipinski definition) is 3. The zero-order chi connectivity index (χ0) is 62.0. The lowest BCUT2D eigenvalue weighted by atomic mass is 10.0. The molecule has 0 radical (unpaired) electrons. The van der Waals surface area contributed by atoms with Crippen molar-refractivity contribution in [3.8, 4) is 0 Å². The van der Waals surface area contributed by atoms with Gasteiger partial charge in [0.15, 0.2) is 0 Å². The van der Waals surface area contributed by atoms with Gasteiger partial charge < -0.3 is 20.3 Å². The van der Waals surface area contributed by atoms with Crippen LogP contribution in [-0.4, -0.2) is 47.4 Å². The lowest BCUT2D eigenvalue weighted by Crippen LogP contribution is -2.45. The number of allylic oxidation sites excluding steroid dienone is 2. The maximum atomic E-state index is 12.6. The minimum atomic E-state index is -0.661. The quantitative estimate of drug-likeness (QED) is 0.0320. The maximum Gasteiger partial charge on any atom is 0.305 e. The first-order valence-corrected chi connectivity index (χ1v) is 39.9. The zero-order valence-corrected chi connectivity index (χ0v) is 58.8. The molecule has 0 rings (SSSR count). The van der Waals surface area contributed by atoms with E-state index in [1.807, 2.05) is 0 Å². The molecule has 0 aliphatic heterocycles. The van der Waals surface area contributed by atoms with E-state index in [9.17, 15) is 19.8 Å². The number of amides is 1.